The molecule has 110 valence electrons. The third-order valence-electron chi connectivity index (χ3n) is 3.61. The molecule has 0 aliphatic heterocycles. The van der Waals surface area contributed by atoms with Gasteiger partial charge in [-0.05, 0) is 38.0 Å². The number of hydrogen-bond donors (Lipinski definition) is 1. The number of carbonyl (C=O) groups is 1. The van der Waals surface area contributed by atoms with Crippen LogP contribution in [0.15, 0.2) is 4.79 Å². The highest BCUT2D eigenvalue weighted by atomic mass is 35.5. The molecule has 1 atom stereocenters. The predicted molar refractivity (Wildman–Crippen MR) is 76.3 cm³/mol. The Morgan fingerprint density at radius 2 is 2.10 bits per heavy atom. The quantitative estimate of drug-likeness (QED) is 0.907. The van der Waals surface area contributed by atoms with Crippen molar-refractivity contribution in [2.45, 2.75) is 52.0 Å². The van der Waals surface area contributed by atoms with E-state index < -0.39 is 12.0 Å². The van der Waals surface area contributed by atoms with Crippen LogP contribution in [0.1, 0.15) is 56.2 Å². The molecular weight excluding hydrogens is 280 g/mol. The van der Waals surface area contributed by atoms with E-state index in [4.69, 9.17) is 11.6 Å². The molecule has 6 heteroatoms. The van der Waals surface area contributed by atoms with E-state index in [-0.39, 0.29) is 16.6 Å². The molecule has 0 bridgehead atoms. The van der Waals surface area contributed by atoms with Crippen molar-refractivity contribution in [3.63, 3.8) is 0 Å². The summed E-state index contributed by atoms with van der Waals surface area (Å²) in [4.78, 5) is 23.8. The predicted octanol–water partition coefficient (Wildman–Crippen LogP) is 2.75. The summed E-state index contributed by atoms with van der Waals surface area (Å²) in [5.74, 6) is -0.597. The zero-order valence-corrected chi connectivity index (χ0v) is 12.6. The van der Waals surface area contributed by atoms with Gasteiger partial charge in [-0.3, -0.25) is 4.79 Å². The van der Waals surface area contributed by atoms with Crippen LogP contribution in [0.5, 0.6) is 0 Å². The van der Waals surface area contributed by atoms with Crippen molar-refractivity contribution >= 4 is 17.6 Å². The summed E-state index contributed by atoms with van der Waals surface area (Å²) < 4.78 is 1.03. The van der Waals surface area contributed by atoms with Gasteiger partial charge in [0, 0.05) is 11.1 Å². The standard InChI is InChI=1S/C14H19ClN2O3/c1-7(2)6-10(14(19)20)17-13(18)8(3)11(9-4-5-9)12(15)16-17/h7,9-10H,4-6H2,1-3H3,(H,19,20)/t10-/m0/s1. The number of hydrogen-bond acceptors (Lipinski definition) is 3. The Hall–Kier alpha value is -1.36. The molecule has 1 aliphatic rings. The van der Waals surface area contributed by atoms with E-state index >= 15 is 0 Å². The number of rotatable bonds is 5. The maximum Gasteiger partial charge on any atom is 0.328 e. The van der Waals surface area contributed by atoms with Crippen molar-refractivity contribution in [3.05, 3.63) is 26.6 Å². The Morgan fingerprint density at radius 1 is 1.50 bits per heavy atom. The highest BCUT2D eigenvalue weighted by Gasteiger charge is 2.32. The van der Waals surface area contributed by atoms with Crippen LogP contribution in [0.2, 0.25) is 5.15 Å². The van der Waals surface area contributed by atoms with Gasteiger partial charge in [-0.15, -0.1) is 0 Å². The fraction of sp³-hybridized carbons (Fsp3) is 0.643. The van der Waals surface area contributed by atoms with Crippen LogP contribution in [0.25, 0.3) is 0 Å². The molecule has 1 N–H and O–H groups in total. The lowest BCUT2D eigenvalue weighted by Crippen LogP contribution is -2.35. The molecule has 0 aromatic carbocycles. The number of aromatic nitrogens is 2. The minimum Gasteiger partial charge on any atom is -0.480 e. The van der Waals surface area contributed by atoms with Gasteiger partial charge in [0.2, 0.25) is 0 Å². The SMILES string of the molecule is Cc1c(C2CC2)c(Cl)nn([C@@H](CC(C)C)C(=O)O)c1=O. The lowest BCUT2D eigenvalue weighted by atomic mass is 10.0. The van der Waals surface area contributed by atoms with Gasteiger partial charge in [-0.25, -0.2) is 9.48 Å². The summed E-state index contributed by atoms with van der Waals surface area (Å²) in [6.07, 6.45) is 2.38. The summed E-state index contributed by atoms with van der Waals surface area (Å²) in [6.45, 7) is 5.52. The Morgan fingerprint density at radius 3 is 2.55 bits per heavy atom. The molecule has 1 aliphatic carbocycles. The average Bonchev–Trinajstić information content (AvgIpc) is 3.15. The second-order valence-corrected chi connectivity index (χ2v) is 6.20. The van der Waals surface area contributed by atoms with Crippen LogP contribution in [-0.2, 0) is 4.79 Å². The molecule has 1 aromatic rings. The molecule has 1 aromatic heterocycles. The molecule has 0 radical (unpaired) electrons. The first-order valence-corrected chi connectivity index (χ1v) is 7.22. The third kappa shape index (κ3) is 2.87. The van der Waals surface area contributed by atoms with Gasteiger partial charge in [-0.2, -0.15) is 5.10 Å². The zero-order chi connectivity index (χ0) is 15.0. The number of carboxylic acid groups (broad SMARTS) is 1. The summed E-state index contributed by atoms with van der Waals surface area (Å²) in [5, 5.41) is 13.7. The smallest absolute Gasteiger partial charge is 0.328 e. The normalized spacial score (nSPS) is 16.4. The lowest BCUT2D eigenvalue weighted by molar-refractivity contribution is -0.141. The van der Waals surface area contributed by atoms with Crippen LogP contribution >= 0.6 is 11.6 Å². The zero-order valence-electron chi connectivity index (χ0n) is 11.9. The minimum absolute atomic E-state index is 0.145. The van der Waals surface area contributed by atoms with E-state index in [0.29, 0.717) is 17.9 Å². The molecule has 1 saturated carbocycles. The molecule has 0 unspecified atom stereocenters. The van der Waals surface area contributed by atoms with Crippen molar-refractivity contribution in [1.82, 2.24) is 9.78 Å². The maximum absolute atomic E-state index is 12.4. The summed E-state index contributed by atoms with van der Waals surface area (Å²) in [6, 6.07) is -0.966. The van der Waals surface area contributed by atoms with E-state index in [2.05, 4.69) is 5.10 Å². The van der Waals surface area contributed by atoms with Gasteiger partial charge in [-0.1, -0.05) is 25.4 Å². The minimum atomic E-state index is -1.05. The second-order valence-electron chi connectivity index (χ2n) is 5.84. The van der Waals surface area contributed by atoms with Crippen LogP contribution in [0.4, 0.5) is 0 Å². The van der Waals surface area contributed by atoms with E-state index in [1.165, 1.54) is 0 Å². The van der Waals surface area contributed by atoms with Gasteiger partial charge >= 0.3 is 5.97 Å². The maximum atomic E-state index is 12.4. The molecule has 20 heavy (non-hydrogen) atoms. The van der Waals surface area contributed by atoms with E-state index in [9.17, 15) is 14.7 Å². The average molecular weight is 299 g/mol. The second kappa shape index (κ2) is 5.56. The highest BCUT2D eigenvalue weighted by Crippen LogP contribution is 2.43. The van der Waals surface area contributed by atoms with Crippen molar-refractivity contribution in [3.8, 4) is 0 Å². The first-order chi connectivity index (χ1) is 9.32. The summed E-state index contributed by atoms with van der Waals surface area (Å²) >= 11 is 6.16. The number of nitrogens with zero attached hydrogens (tertiary/aromatic N) is 2. The third-order valence-corrected chi connectivity index (χ3v) is 3.89. The highest BCUT2D eigenvalue weighted by molar-refractivity contribution is 6.30. The van der Waals surface area contributed by atoms with Crippen LogP contribution in [0, 0.1) is 12.8 Å². The van der Waals surface area contributed by atoms with Crippen molar-refractivity contribution in [2.75, 3.05) is 0 Å². The van der Waals surface area contributed by atoms with Gasteiger partial charge in [0.05, 0.1) is 0 Å². The first-order valence-electron chi connectivity index (χ1n) is 6.84. The van der Waals surface area contributed by atoms with E-state index in [1.54, 1.807) is 6.92 Å². The van der Waals surface area contributed by atoms with E-state index in [0.717, 1.165) is 23.1 Å². The molecule has 0 amide bonds. The lowest BCUT2D eigenvalue weighted by Gasteiger charge is -2.18. The van der Waals surface area contributed by atoms with Crippen molar-refractivity contribution < 1.29 is 9.90 Å². The summed E-state index contributed by atoms with van der Waals surface area (Å²) in [7, 11) is 0. The fourth-order valence-corrected chi connectivity index (χ4v) is 2.82. The Bertz CT molecular complexity index is 591. The Kier molecular flexibility index (Phi) is 4.18. The fourth-order valence-electron chi connectivity index (χ4n) is 2.45. The largest absolute Gasteiger partial charge is 0.480 e. The molecular formula is C14H19ClN2O3. The number of carboxylic acids is 1. The summed E-state index contributed by atoms with van der Waals surface area (Å²) in [5.41, 5.74) is 0.980. The van der Waals surface area contributed by atoms with Gasteiger partial charge in [0.25, 0.3) is 5.56 Å². The van der Waals surface area contributed by atoms with Crippen molar-refractivity contribution in [1.29, 1.82) is 0 Å². The number of aliphatic carboxylic acids is 1. The topological polar surface area (TPSA) is 72.2 Å². The van der Waals surface area contributed by atoms with E-state index in [1.807, 2.05) is 13.8 Å². The van der Waals surface area contributed by atoms with Crippen molar-refractivity contribution in [2.24, 2.45) is 5.92 Å². The van der Waals surface area contributed by atoms with Crippen LogP contribution in [0.3, 0.4) is 0 Å². The molecule has 1 heterocycles. The van der Waals surface area contributed by atoms with Crippen LogP contribution in [-0.4, -0.2) is 20.9 Å². The molecule has 2 rings (SSSR count). The van der Waals surface area contributed by atoms with Gasteiger partial charge < -0.3 is 5.11 Å². The molecule has 0 saturated heterocycles. The Labute approximate surface area is 122 Å². The molecule has 0 spiro atoms. The monoisotopic (exact) mass is 298 g/mol. The van der Waals surface area contributed by atoms with Crippen LogP contribution < -0.4 is 5.56 Å². The molecule has 1 fully saturated rings. The van der Waals surface area contributed by atoms with Gasteiger partial charge in [0.15, 0.2) is 11.2 Å². The first kappa shape index (κ1) is 15.0. The number of halogens is 1. The molecule has 5 nitrogen and oxygen atoms in total. The van der Waals surface area contributed by atoms with Gasteiger partial charge in [0.1, 0.15) is 0 Å². The Balaban J connectivity index is 2.50.